The Morgan fingerprint density at radius 3 is 2.75 bits per heavy atom. The van der Waals surface area contributed by atoms with Gasteiger partial charge in [-0.15, -0.1) is 5.10 Å². The molecule has 7 heteroatoms. The lowest BCUT2D eigenvalue weighted by molar-refractivity contribution is 0.417. The van der Waals surface area contributed by atoms with E-state index in [1.807, 2.05) is 0 Å². The Morgan fingerprint density at radius 1 is 1.44 bits per heavy atom. The highest BCUT2D eigenvalue weighted by Crippen LogP contribution is 2.57. The van der Waals surface area contributed by atoms with Crippen molar-refractivity contribution in [3.63, 3.8) is 0 Å². The molecule has 2 heterocycles. The van der Waals surface area contributed by atoms with E-state index in [-0.39, 0.29) is 11.4 Å². The molecular weight excluding hydrogens is 208 g/mol. The zero-order valence-electron chi connectivity index (χ0n) is 9.06. The molecule has 3 N–H and O–H groups in total. The summed E-state index contributed by atoms with van der Waals surface area (Å²) in [5, 5.41) is 10.3. The van der Waals surface area contributed by atoms with Crippen molar-refractivity contribution < 1.29 is 4.52 Å². The first kappa shape index (κ1) is 9.32. The summed E-state index contributed by atoms with van der Waals surface area (Å²) < 4.78 is 5.11. The summed E-state index contributed by atoms with van der Waals surface area (Å²) in [6.07, 6.45) is 1.09. The number of hydrogen-bond acceptors (Lipinski definition) is 6. The first-order valence-corrected chi connectivity index (χ1v) is 5.08. The Morgan fingerprint density at radius 2 is 2.19 bits per heavy atom. The molecule has 1 aliphatic rings. The highest BCUT2D eigenvalue weighted by molar-refractivity contribution is 5.42. The van der Waals surface area contributed by atoms with Gasteiger partial charge in [0.2, 0.25) is 11.8 Å². The second-order valence-corrected chi connectivity index (χ2v) is 4.75. The van der Waals surface area contributed by atoms with E-state index < -0.39 is 0 Å². The largest absolute Gasteiger partial charge is 0.366 e. The molecule has 2 aromatic rings. The van der Waals surface area contributed by atoms with E-state index in [4.69, 9.17) is 10.3 Å². The van der Waals surface area contributed by atoms with Gasteiger partial charge in [-0.05, 0) is 11.8 Å². The van der Waals surface area contributed by atoms with Gasteiger partial charge in [0.05, 0.1) is 0 Å². The van der Waals surface area contributed by atoms with Crippen LogP contribution >= 0.6 is 0 Å². The molecule has 1 fully saturated rings. The quantitative estimate of drug-likeness (QED) is 0.780. The molecule has 0 amide bonds. The lowest BCUT2D eigenvalue weighted by atomic mass is 10.1. The summed E-state index contributed by atoms with van der Waals surface area (Å²) in [4.78, 5) is 8.21. The van der Waals surface area contributed by atoms with Gasteiger partial charge in [-0.2, -0.15) is 9.97 Å². The maximum absolute atomic E-state index is 5.39. The second-order valence-electron chi connectivity index (χ2n) is 4.75. The van der Waals surface area contributed by atoms with Gasteiger partial charge in [-0.1, -0.05) is 19.0 Å². The fraction of sp³-hybridized carbons (Fsp3) is 0.556. The Bertz CT molecular complexity index is 528. The fourth-order valence-electron chi connectivity index (χ4n) is 1.75. The molecule has 1 unspecified atom stereocenters. The minimum atomic E-state index is 0.168. The zero-order chi connectivity index (χ0) is 11.3. The van der Waals surface area contributed by atoms with E-state index in [2.05, 4.69) is 39.2 Å². The van der Waals surface area contributed by atoms with Crippen molar-refractivity contribution in [3.8, 4) is 11.7 Å². The summed E-state index contributed by atoms with van der Waals surface area (Å²) >= 11 is 0. The van der Waals surface area contributed by atoms with Crippen molar-refractivity contribution in [1.29, 1.82) is 0 Å². The number of aromatic amines is 1. The van der Waals surface area contributed by atoms with Crippen LogP contribution in [0.1, 0.15) is 32.0 Å². The normalized spacial score (nSPS) is 22.2. The van der Waals surface area contributed by atoms with E-state index in [0.717, 1.165) is 12.2 Å². The number of aromatic nitrogens is 5. The van der Waals surface area contributed by atoms with Crippen molar-refractivity contribution in [2.24, 2.45) is 5.41 Å². The number of nitrogens with one attached hydrogen (secondary N) is 1. The summed E-state index contributed by atoms with van der Waals surface area (Å²) in [6, 6.07) is 0. The lowest BCUT2D eigenvalue weighted by Crippen LogP contribution is -1.92. The van der Waals surface area contributed by atoms with Crippen LogP contribution in [0.15, 0.2) is 4.52 Å². The first-order chi connectivity index (χ1) is 7.56. The highest BCUT2D eigenvalue weighted by Gasteiger charge is 2.49. The Labute approximate surface area is 91.4 Å². The molecule has 0 aliphatic heterocycles. The molecule has 0 bridgehead atoms. The zero-order valence-corrected chi connectivity index (χ0v) is 9.06. The molecular formula is C9H12N6O. The van der Waals surface area contributed by atoms with Gasteiger partial charge >= 0.3 is 0 Å². The molecule has 1 aliphatic carbocycles. The van der Waals surface area contributed by atoms with Crippen LogP contribution in [-0.2, 0) is 0 Å². The maximum atomic E-state index is 5.39. The number of nitrogens with zero attached hydrogens (tertiary/aromatic N) is 4. The molecule has 0 radical (unpaired) electrons. The highest BCUT2D eigenvalue weighted by atomic mass is 16.5. The van der Waals surface area contributed by atoms with Crippen molar-refractivity contribution in [1.82, 2.24) is 25.3 Å². The van der Waals surface area contributed by atoms with Crippen LogP contribution in [0.2, 0.25) is 0 Å². The minimum absolute atomic E-state index is 0.168. The monoisotopic (exact) mass is 220 g/mol. The molecule has 0 aromatic carbocycles. The average Bonchev–Trinajstić information content (AvgIpc) is 2.67. The number of anilines is 1. The van der Waals surface area contributed by atoms with Crippen LogP contribution in [0.4, 0.5) is 5.95 Å². The summed E-state index contributed by atoms with van der Waals surface area (Å²) in [5.74, 6) is 2.03. The molecule has 84 valence electrons. The van der Waals surface area contributed by atoms with Crippen LogP contribution in [0.3, 0.4) is 0 Å². The molecule has 7 nitrogen and oxygen atoms in total. The molecule has 1 atom stereocenters. The van der Waals surface area contributed by atoms with E-state index >= 15 is 0 Å². The Hall–Kier alpha value is -1.92. The number of nitrogens with two attached hydrogens (primary N) is 1. The third kappa shape index (κ3) is 1.36. The third-order valence-electron chi connectivity index (χ3n) is 2.97. The second kappa shape index (κ2) is 2.81. The topological polar surface area (TPSA) is 107 Å². The smallest absolute Gasteiger partial charge is 0.295 e. The van der Waals surface area contributed by atoms with Gasteiger partial charge in [0.1, 0.15) is 0 Å². The standard InChI is InChI=1S/C9H12N6O/c1-9(2)3-4(9)5-11-7(16-15-5)6-12-8(10)14-13-6/h4H,3H2,1-2H3,(H3,10,12,13,14). The van der Waals surface area contributed by atoms with Crippen LogP contribution in [0.25, 0.3) is 11.7 Å². The summed E-state index contributed by atoms with van der Waals surface area (Å²) in [6.45, 7) is 4.36. The number of rotatable bonds is 2. The molecule has 3 rings (SSSR count). The van der Waals surface area contributed by atoms with E-state index in [1.165, 1.54) is 0 Å². The van der Waals surface area contributed by atoms with Gasteiger partial charge in [0.15, 0.2) is 5.82 Å². The average molecular weight is 220 g/mol. The van der Waals surface area contributed by atoms with Gasteiger partial charge in [-0.25, -0.2) is 0 Å². The van der Waals surface area contributed by atoms with Gasteiger partial charge in [-0.3, -0.25) is 5.10 Å². The van der Waals surface area contributed by atoms with Gasteiger partial charge < -0.3 is 10.3 Å². The Kier molecular flexibility index (Phi) is 1.63. The SMILES string of the molecule is CC1(C)CC1c1noc(-c2nc(N)n[nH]2)n1. The lowest BCUT2D eigenvalue weighted by Gasteiger charge is -1.95. The number of hydrogen-bond donors (Lipinski definition) is 2. The third-order valence-corrected chi connectivity index (χ3v) is 2.97. The van der Waals surface area contributed by atoms with E-state index in [1.54, 1.807) is 0 Å². The van der Waals surface area contributed by atoms with Crippen LogP contribution in [0, 0.1) is 5.41 Å². The predicted molar refractivity (Wildman–Crippen MR) is 55.2 cm³/mol. The van der Waals surface area contributed by atoms with Gasteiger partial charge in [0, 0.05) is 5.92 Å². The van der Waals surface area contributed by atoms with Crippen molar-refractivity contribution >= 4 is 5.95 Å². The van der Waals surface area contributed by atoms with Crippen molar-refractivity contribution in [3.05, 3.63) is 5.82 Å². The first-order valence-electron chi connectivity index (χ1n) is 5.08. The van der Waals surface area contributed by atoms with Crippen molar-refractivity contribution in [2.75, 3.05) is 5.73 Å². The molecule has 2 aromatic heterocycles. The van der Waals surface area contributed by atoms with Crippen molar-refractivity contribution in [2.45, 2.75) is 26.2 Å². The van der Waals surface area contributed by atoms with E-state index in [0.29, 0.717) is 17.6 Å². The number of nitrogen functional groups attached to an aromatic ring is 1. The molecule has 16 heavy (non-hydrogen) atoms. The van der Waals surface area contributed by atoms with Crippen LogP contribution < -0.4 is 5.73 Å². The summed E-state index contributed by atoms with van der Waals surface area (Å²) in [5.41, 5.74) is 5.67. The molecule has 0 saturated heterocycles. The Balaban J connectivity index is 1.89. The van der Waals surface area contributed by atoms with Gasteiger partial charge in [0.25, 0.3) is 5.89 Å². The maximum Gasteiger partial charge on any atom is 0.295 e. The minimum Gasteiger partial charge on any atom is -0.366 e. The predicted octanol–water partition coefficient (Wildman–Crippen LogP) is 0.950. The summed E-state index contributed by atoms with van der Waals surface area (Å²) in [7, 11) is 0. The fourth-order valence-corrected chi connectivity index (χ4v) is 1.75. The molecule has 0 spiro atoms. The van der Waals surface area contributed by atoms with Crippen LogP contribution in [0.5, 0.6) is 0 Å². The van der Waals surface area contributed by atoms with E-state index in [9.17, 15) is 0 Å². The number of H-pyrrole nitrogens is 1. The molecule has 1 saturated carbocycles. The van der Waals surface area contributed by atoms with Crippen LogP contribution in [-0.4, -0.2) is 25.3 Å².